The Bertz CT molecular complexity index is 408. The Hall–Kier alpha value is -1.99. The summed E-state index contributed by atoms with van der Waals surface area (Å²) in [4.78, 5) is 4.37. The highest BCUT2D eigenvalue weighted by Gasteiger charge is 2.03. The number of pyridine rings is 1. The maximum absolute atomic E-state index is 8.61. The van der Waals surface area contributed by atoms with Crippen molar-refractivity contribution in [2.75, 3.05) is 13.5 Å². The number of nitrogens with zero attached hydrogens (tertiary/aromatic N) is 3. The Labute approximate surface area is 105 Å². The van der Waals surface area contributed by atoms with Crippen LogP contribution in [0.5, 0.6) is 0 Å². The minimum atomic E-state index is -0.224. The molecule has 0 aromatic carbocycles. The topological polar surface area (TPSA) is 102 Å². The first kappa shape index (κ1) is 14.1. The highest BCUT2D eigenvalue weighted by atomic mass is 16.3. The second-order valence-corrected chi connectivity index (χ2v) is 3.43. The van der Waals surface area contributed by atoms with Gasteiger partial charge in [0.25, 0.3) is 0 Å². The lowest BCUT2D eigenvalue weighted by Gasteiger charge is -2.04. The van der Waals surface area contributed by atoms with Crippen molar-refractivity contribution < 1.29 is 10.2 Å². The fourth-order valence-corrected chi connectivity index (χ4v) is 1.26. The summed E-state index contributed by atoms with van der Waals surface area (Å²) in [5.74, 6) is 0. The molecule has 0 bridgehead atoms. The monoisotopic (exact) mass is 251 g/mol. The van der Waals surface area contributed by atoms with Gasteiger partial charge in [-0.1, -0.05) is 6.07 Å². The van der Waals surface area contributed by atoms with Crippen LogP contribution in [0.3, 0.4) is 0 Å². The maximum Gasteiger partial charge on any atom is 0.128 e. The van der Waals surface area contributed by atoms with E-state index in [4.69, 9.17) is 10.2 Å². The van der Waals surface area contributed by atoms with Crippen LogP contribution in [-0.2, 0) is 0 Å². The molecular formula is C11H17N5O2. The third kappa shape index (κ3) is 4.11. The van der Waals surface area contributed by atoms with Crippen molar-refractivity contribution >= 4 is 11.4 Å². The van der Waals surface area contributed by atoms with E-state index in [1.54, 1.807) is 13.8 Å². The lowest BCUT2D eigenvalue weighted by Crippen LogP contribution is -2.14. The van der Waals surface area contributed by atoms with E-state index in [2.05, 4.69) is 26.0 Å². The Balaban J connectivity index is 2.92. The number of hydrogen-bond donors (Lipinski definition) is 4. The minimum absolute atomic E-state index is 0.224. The second kappa shape index (κ2) is 7.36. The molecule has 1 heterocycles. The highest BCUT2D eigenvalue weighted by Crippen LogP contribution is 2.02. The number of aromatic nitrogens is 1. The van der Waals surface area contributed by atoms with Crippen molar-refractivity contribution in [2.24, 2.45) is 10.2 Å². The normalized spacial score (nSPS) is 12.4. The quantitative estimate of drug-likeness (QED) is 0.313. The highest BCUT2D eigenvalue weighted by molar-refractivity contribution is 6.00. The molecule has 1 rings (SSSR count). The van der Waals surface area contributed by atoms with Crippen LogP contribution < -0.4 is 10.9 Å². The largest absolute Gasteiger partial charge is 0.375 e. The van der Waals surface area contributed by atoms with Gasteiger partial charge in [0.05, 0.1) is 22.8 Å². The summed E-state index contributed by atoms with van der Waals surface area (Å²) in [6.07, 6.45) is 0. The summed E-state index contributed by atoms with van der Waals surface area (Å²) in [6, 6.07) is 5.47. The Morgan fingerprint density at radius 3 is 1.89 bits per heavy atom. The van der Waals surface area contributed by atoms with Crippen LogP contribution in [0.15, 0.2) is 28.4 Å². The zero-order valence-corrected chi connectivity index (χ0v) is 10.4. The summed E-state index contributed by atoms with van der Waals surface area (Å²) < 4.78 is 0. The number of hydrazone groups is 2. The van der Waals surface area contributed by atoms with Gasteiger partial charge in [0.2, 0.25) is 0 Å². The lowest BCUT2D eigenvalue weighted by molar-refractivity contribution is 0.264. The van der Waals surface area contributed by atoms with Gasteiger partial charge in [-0.3, -0.25) is 10.9 Å². The van der Waals surface area contributed by atoms with Crippen LogP contribution >= 0.6 is 0 Å². The summed E-state index contributed by atoms with van der Waals surface area (Å²) in [5.41, 5.74) is 7.61. The molecule has 0 unspecified atom stereocenters. The minimum Gasteiger partial charge on any atom is -0.375 e. The number of aliphatic hydroxyl groups excluding tert-OH is 2. The van der Waals surface area contributed by atoms with Gasteiger partial charge in [0.15, 0.2) is 0 Å². The summed E-state index contributed by atoms with van der Waals surface area (Å²) >= 11 is 0. The molecule has 0 atom stereocenters. The molecule has 0 spiro atoms. The van der Waals surface area contributed by atoms with Gasteiger partial charge in [-0.15, -0.1) is 0 Å². The van der Waals surface area contributed by atoms with Gasteiger partial charge in [-0.2, -0.15) is 10.2 Å². The first-order valence-electron chi connectivity index (χ1n) is 5.43. The van der Waals surface area contributed by atoms with Gasteiger partial charge in [0.1, 0.15) is 13.5 Å². The zero-order chi connectivity index (χ0) is 13.4. The average Bonchev–Trinajstić information content (AvgIpc) is 2.42. The van der Waals surface area contributed by atoms with E-state index in [9.17, 15) is 0 Å². The predicted molar refractivity (Wildman–Crippen MR) is 69.1 cm³/mol. The van der Waals surface area contributed by atoms with Gasteiger partial charge in [-0.25, -0.2) is 4.98 Å². The molecule has 0 saturated carbocycles. The van der Waals surface area contributed by atoms with Crippen molar-refractivity contribution in [2.45, 2.75) is 13.8 Å². The van der Waals surface area contributed by atoms with E-state index in [0.29, 0.717) is 22.8 Å². The summed E-state index contributed by atoms with van der Waals surface area (Å²) in [7, 11) is 0. The zero-order valence-electron chi connectivity index (χ0n) is 10.4. The van der Waals surface area contributed by atoms with Crippen molar-refractivity contribution in [3.8, 4) is 0 Å². The van der Waals surface area contributed by atoms with Crippen LogP contribution in [0.2, 0.25) is 0 Å². The van der Waals surface area contributed by atoms with E-state index in [0.717, 1.165) is 0 Å². The molecule has 18 heavy (non-hydrogen) atoms. The van der Waals surface area contributed by atoms with Crippen LogP contribution in [0.25, 0.3) is 0 Å². The number of aliphatic hydroxyl groups is 2. The lowest BCUT2D eigenvalue weighted by atomic mass is 10.2. The summed E-state index contributed by atoms with van der Waals surface area (Å²) in [6.45, 7) is 3.12. The molecule has 0 fully saturated rings. The molecule has 0 amide bonds. The van der Waals surface area contributed by atoms with E-state index in [-0.39, 0.29) is 13.5 Å². The molecule has 1 aromatic heterocycles. The van der Waals surface area contributed by atoms with Crippen molar-refractivity contribution in [1.29, 1.82) is 0 Å². The van der Waals surface area contributed by atoms with Crippen molar-refractivity contribution in [3.63, 3.8) is 0 Å². The first-order valence-corrected chi connectivity index (χ1v) is 5.43. The first-order chi connectivity index (χ1) is 8.69. The predicted octanol–water partition coefficient (Wildman–Crippen LogP) is -0.392. The van der Waals surface area contributed by atoms with Gasteiger partial charge in [0, 0.05) is 0 Å². The fourth-order valence-electron chi connectivity index (χ4n) is 1.26. The number of hydrogen-bond acceptors (Lipinski definition) is 7. The molecule has 0 aliphatic rings. The van der Waals surface area contributed by atoms with Gasteiger partial charge < -0.3 is 10.2 Å². The van der Waals surface area contributed by atoms with E-state index in [1.165, 1.54) is 0 Å². The Morgan fingerprint density at radius 1 is 1.06 bits per heavy atom. The van der Waals surface area contributed by atoms with Gasteiger partial charge >= 0.3 is 0 Å². The van der Waals surface area contributed by atoms with Crippen LogP contribution in [0, 0.1) is 0 Å². The van der Waals surface area contributed by atoms with E-state index in [1.807, 2.05) is 18.2 Å². The van der Waals surface area contributed by atoms with Gasteiger partial charge in [-0.05, 0) is 26.0 Å². The number of nitrogens with one attached hydrogen (secondary N) is 2. The molecule has 0 aliphatic carbocycles. The molecule has 7 nitrogen and oxygen atoms in total. The third-order valence-electron chi connectivity index (χ3n) is 2.13. The SMILES string of the molecule is C/C(=N\NCO)c1cccc(/C(C)=N/NCO)n1. The van der Waals surface area contributed by atoms with Crippen molar-refractivity contribution in [3.05, 3.63) is 29.6 Å². The smallest absolute Gasteiger partial charge is 0.128 e. The second-order valence-electron chi connectivity index (χ2n) is 3.43. The number of rotatable bonds is 6. The maximum atomic E-state index is 8.61. The molecule has 98 valence electrons. The van der Waals surface area contributed by atoms with E-state index >= 15 is 0 Å². The van der Waals surface area contributed by atoms with Crippen LogP contribution in [0.4, 0.5) is 0 Å². The molecule has 7 heteroatoms. The summed E-state index contributed by atoms with van der Waals surface area (Å²) in [5, 5.41) is 25.1. The van der Waals surface area contributed by atoms with Crippen LogP contribution in [-0.4, -0.2) is 40.1 Å². The standard InChI is InChI=1S/C11H17N5O2/c1-8(15-12-6-17)10-4-3-5-11(14-10)9(2)16-13-7-18/h3-5,12-13,17-18H,6-7H2,1-2H3/b15-8+,16-9+. The average molecular weight is 251 g/mol. The van der Waals surface area contributed by atoms with Crippen molar-refractivity contribution in [1.82, 2.24) is 15.8 Å². The Kier molecular flexibility index (Phi) is 5.75. The third-order valence-corrected chi connectivity index (χ3v) is 2.13. The molecule has 4 N–H and O–H groups in total. The molecule has 0 saturated heterocycles. The Morgan fingerprint density at radius 2 is 1.50 bits per heavy atom. The van der Waals surface area contributed by atoms with E-state index < -0.39 is 0 Å². The molecular weight excluding hydrogens is 234 g/mol. The molecule has 0 aliphatic heterocycles. The van der Waals surface area contributed by atoms with Crippen LogP contribution in [0.1, 0.15) is 25.2 Å². The molecule has 1 aromatic rings. The fraction of sp³-hybridized carbons (Fsp3) is 0.364. The molecule has 0 radical (unpaired) electrons.